The van der Waals surface area contributed by atoms with Crippen molar-refractivity contribution in [2.24, 2.45) is 4.99 Å². The highest BCUT2D eigenvalue weighted by Gasteiger charge is 2.34. The molecule has 4 heterocycles. The van der Waals surface area contributed by atoms with Gasteiger partial charge in [-0.3, -0.25) is 9.89 Å². The molecule has 0 aliphatic carbocycles. The Labute approximate surface area is 219 Å². The van der Waals surface area contributed by atoms with Gasteiger partial charge in [-0.25, -0.2) is 24.1 Å². The number of carbonyl (C=O) groups is 1. The number of benzene rings is 1. The van der Waals surface area contributed by atoms with Crippen molar-refractivity contribution < 1.29 is 13.9 Å². The number of aromatic amines is 1. The van der Waals surface area contributed by atoms with Crippen molar-refractivity contribution in [3.8, 4) is 6.07 Å². The summed E-state index contributed by atoms with van der Waals surface area (Å²) in [4.78, 5) is 37.1. The average Bonchev–Trinajstić information content (AvgIpc) is 3.53. The van der Waals surface area contributed by atoms with Crippen LogP contribution in [-0.4, -0.2) is 68.5 Å². The van der Waals surface area contributed by atoms with Crippen LogP contribution in [0.2, 0.25) is 0 Å². The summed E-state index contributed by atoms with van der Waals surface area (Å²) >= 11 is 0. The fourth-order valence-electron chi connectivity index (χ4n) is 4.59. The van der Waals surface area contributed by atoms with Gasteiger partial charge in [0.2, 0.25) is 5.82 Å². The number of ether oxygens (including phenoxy) is 1. The summed E-state index contributed by atoms with van der Waals surface area (Å²) in [7, 11) is 0. The molecule has 2 aliphatic heterocycles. The molecule has 1 aromatic carbocycles. The summed E-state index contributed by atoms with van der Waals surface area (Å²) in [5.74, 6) is 1.31. The minimum absolute atomic E-state index is 0.0327. The summed E-state index contributed by atoms with van der Waals surface area (Å²) < 4.78 is 20.1. The van der Waals surface area contributed by atoms with Crippen LogP contribution in [-0.2, 0) is 4.74 Å². The number of nitrogens with one attached hydrogen (secondary N) is 2. The zero-order valence-corrected chi connectivity index (χ0v) is 21.6. The first kappa shape index (κ1) is 25.1. The fraction of sp³-hybridized carbons (Fsp3) is 0.385. The number of alkyl carbamates (subject to hydrolysis) is 1. The maximum Gasteiger partial charge on any atom is 0.407 e. The number of rotatable bonds is 4. The zero-order valence-electron chi connectivity index (χ0n) is 21.6. The lowest BCUT2D eigenvalue weighted by Crippen LogP contribution is -2.42. The number of allylic oxidation sites excluding steroid dienone is 1. The van der Waals surface area contributed by atoms with Crippen molar-refractivity contribution in [1.82, 2.24) is 30.2 Å². The molecule has 0 unspecified atom stereocenters. The Hall–Kier alpha value is -4.53. The molecule has 2 aromatic heterocycles. The molecule has 0 spiro atoms. The number of hydrogen-bond acceptors (Lipinski definition) is 9. The van der Waals surface area contributed by atoms with E-state index in [9.17, 15) is 14.4 Å². The second-order valence-corrected chi connectivity index (χ2v) is 10.2. The third-order valence-electron chi connectivity index (χ3n) is 6.22. The van der Waals surface area contributed by atoms with E-state index in [0.29, 0.717) is 47.8 Å². The van der Waals surface area contributed by atoms with Crippen molar-refractivity contribution in [2.75, 3.05) is 24.7 Å². The van der Waals surface area contributed by atoms with Gasteiger partial charge in [-0.15, -0.1) is 0 Å². The number of aryl methyl sites for hydroxylation is 1. The molecule has 1 amide bonds. The molecular formula is C26H28FN9O2. The molecule has 38 heavy (non-hydrogen) atoms. The van der Waals surface area contributed by atoms with E-state index in [-0.39, 0.29) is 18.5 Å². The summed E-state index contributed by atoms with van der Waals surface area (Å²) in [5.41, 5.74) is 1.73. The van der Waals surface area contributed by atoms with Crippen LogP contribution in [0.1, 0.15) is 44.4 Å². The fourth-order valence-corrected chi connectivity index (χ4v) is 4.59. The Balaban J connectivity index is 1.56. The molecule has 196 valence electrons. The van der Waals surface area contributed by atoms with E-state index < -0.39 is 17.5 Å². The number of anilines is 1. The Bertz CT molecular complexity index is 1460. The first-order valence-electron chi connectivity index (χ1n) is 12.3. The molecule has 1 fully saturated rings. The second-order valence-electron chi connectivity index (χ2n) is 10.2. The maximum atomic E-state index is 14.6. The van der Waals surface area contributed by atoms with Gasteiger partial charge in [0.05, 0.1) is 17.1 Å². The van der Waals surface area contributed by atoms with E-state index in [1.165, 1.54) is 12.3 Å². The van der Waals surface area contributed by atoms with Crippen molar-refractivity contribution >= 4 is 34.7 Å². The van der Waals surface area contributed by atoms with E-state index in [1.54, 1.807) is 18.3 Å². The quantitative estimate of drug-likeness (QED) is 0.537. The highest BCUT2D eigenvalue weighted by molar-refractivity contribution is 6.12. The van der Waals surface area contributed by atoms with E-state index in [2.05, 4.69) is 30.2 Å². The zero-order chi connectivity index (χ0) is 27.0. The van der Waals surface area contributed by atoms with Crippen LogP contribution in [0.15, 0.2) is 35.2 Å². The number of nitriles is 1. The molecule has 1 atom stereocenters. The van der Waals surface area contributed by atoms with Crippen molar-refractivity contribution in [2.45, 2.75) is 45.8 Å². The van der Waals surface area contributed by atoms with Crippen molar-refractivity contribution in [3.05, 3.63) is 53.2 Å². The minimum atomic E-state index is -0.602. The summed E-state index contributed by atoms with van der Waals surface area (Å²) in [6.07, 6.45) is 3.44. The molecule has 0 radical (unpaired) electrons. The lowest BCUT2D eigenvalue weighted by molar-refractivity contribution is 0.0506. The van der Waals surface area contributed by atoms with Gasteiger partial charge in [0.15, 0.2) is 0 Å². The number of fused-ring (bicyclic) bond motifs is 1. The van der Waals surface area contributed by atoms with Gasteiger partial charge in [0, 0.05) is 25.5 Å². The Morgan fingerprint density at radius 1 is 1.29 bits per heavy atom. The van der Waals surface area contributed by atoms with E-state index in [4.69, 9.17) is 9.72 Å². The summed E-state index contributed by atoms with van der Waals surface area (Å²) in [5, 5.41) is 12.3. The number of hydrogen-bond donors (Lipinski definition) is 2. The van der Waals surface area contributed by atoms with Crippen LogP contribution in [0.4, 0.5) is 15.0 Å². The number of likely N-dealkylation sites (tertiary alicyclic amines) is 1. The van der Waals surface area contributed by atoms with Gasteiger partial charge in [-0.1, -0.05) is 6.07 Å². The monoisotopic (exact) mass is 517 g/mol. The average molecular weight is 518 g/mol. The predicted octanol–water partition coefficient (Wildman–Crippen LogP) is 3.49. The Morgan fingerprint density at radius 3 is 2.84 bits per heavy atom. The Kier molecular flexibility index (Phi) is 6.44. The standard InChI is InChI=1S/C26H28FN9O2/c1-15-5-6-18(27)22-21(15)33-23(34-22)17-12-29-14-36(20-7-9-30-19(11-28)32-20)24(17)35-10-8-16(13-35)31-25(37)38-26(2,3)4/h5-7,9,12,16H,8,10,13-14H2,1-4H3,(H,31,37)(H,33,34)/t16-/m0/s1. The molecule has 11 nitrogen and oxygen atoms in total. The molecule has 2 N–H and O–H groups in total. The largest absolute Gasteiger partial charge is 0.444 e. The number of H-pyrrole nitrogens is 1. The third-order valence-corrected chi connectivity index (χ3v) is 6.22. The van der Waals surface area contributed by atoms with E-state index >= 15 is 0 Å². The van der Waals surface area contributed by atoms with Crippen LogP contribution in [0.5, 0.6) is 0 Å². The number of aromatic nitrogens is 4. The maximum absolute atomic E-state index is 14.6. The van der Waals surface area contributed by atoms with Gasteiger partial charge in [-0.05, 0) is 51.8 Å². The molecule has 2 aliphatic rings. The number of nitrogens with zero attached hydrogens (tertiary/aromatic N) is 7. The number of carbonyl (C=O) groups excluding carboxylic acids is 1. The lowest BCUT2D eigenvalue weighted by Gasteiger charge is -2.35. The lowest BCUT2D eigenvalue weighted by atomic mass is 10.2. The second kappa shape index (κ2) is 9.74. The highest BCUT2D eigenvalue weighted by Crippen LogP contribution is 2.32. The predicted molar refractivity (Wildman–Crippen MR) is 140 cm³/mol. The molecule has 1 saturated heterocycles. The molecule has 0 saturated carbocycles. The number of aliphatic imine (C=N–C) groups is 1. The SMILES string of the molecule is Cc1ccc(F)c2[nH]c(C3=C(N4CC[C@H](NC(=O)OC(C)(C)C)C4)N(c4ccnc(C#N)n4)CN=C3)nc12. The first-order chi connectivity index (χ1) is 18.1. The van der Waals surface area contributed by atoms with E-state index in [1.807, 2.05) is 38.7 Å². The van der Waals surface area contributed by atoms with Crippen LogP contribution >= 0.6 is 0 Å². The Morgan fingerprint density at radius 2 is 2.11 bits per heavy atom. The minimum Gasteiger partial charge on any atom is -0.444 e. The van der Waals surface area contributed by atoms with Crippen molar-refractivity contribution in [3.63, 3.8) is 0 Å². The molecule has 12 heteroatoms. The molecular weight excluding hydrogens is 489 g/mol. The molecule has 3 aromatic rings. The molecule has 0 bridgehead atoms. The van der Waals surface area contributed by atoms with Crippen LogP contribution in [0, 0.1) is 24.1 Å². The van der Waals surface area contributed by atoms with Crippen LogP contribution in [0.25, 0.3) is 16.6 Å². The third kappa shape index (κ3) is 5.00. The normalized spacial score (nSPS) is 17.7. The first-order valence-corrected chi connectivity index (χ1v) is 12.3. The van der Waals surface area contributed by atoms with Crippen LogP contribution < -0.4 is 10.2 Å². The number of imidazole rings is 1. The summed E-state index contributed by atoms with van der Waals surface area (Å²) in [6.45, 7) is 8.69. The summed E-state index contributed by atoms with van der Waals surface area (Å²) in [6, 6.07) is 6.62. The van der Waals surface area contributed by atoms with Gasteiger partial charge < -0.3 is 19.9 Å². The number of amides is 1. The number of halogens is 1. The van der Waals surface area contributed by atoms with Crippen molar-refractivity contribution in [1.29, 1.82) is 5.26 Å². The topological polar surface area (TPSA) is 135 Å². The highest BCUT2D eigenvalue weighted by atomic mass is 19.1. The van der Waals surface area contributed by atoms with Gasteiger partial charge in [-0.2, -0.15) is 5.26 Å². The van der Waals surface area contributed by atoms with Gasteiger partial charge in [0.1, 0.15) is 47.1 Å². The van der Waals surface area contributed by atoms with E-state index in [0.717, 1.165) is 11.4 Å². The molecule has 5 rings (SSSR count). The van der Waals surface area contributed by atoms with Gasteiger partial charge in [0.25, 0.3) is 0 Å². The smallest absolute Gasteiger partial charge is 0.407 e. The van der Waals surface area contributed by atoms with Gasteiger partial charge >= 0.3 is 6.09 Å². The van der Waals surface area contributed by atoms with Crippen LogP contribution in [0.3, 0.4) is 0 Å².